The van der Waals surface area contributed by atoms with E-state index in [-0.39, 0.29) is 34.7 Å². The number of pyridine rings is 1. The second-order valence-corrected chi connectivity index (χ2v) is 10.1. The van der Waals surface area contributed by atoms with Crippen molar-refractivity contribution < 1.29 is 18.7 Å². The number of benzene rings is 2. The molecule has 0 amide bonds. The number of halogens is 1. The van der Waals surface area contributed by atoms with Gasteiger partial charge in [0.15, 0.2) is 11.6 Å². The Morgan fingerprint density at radius 3 is 2.50 bits per heavy atom. The van der Waals surface area contributed by atoms with Crippen LogP contribution < -0.4 is 10.4 Å². The van der Waals surface area contributed by atoms with Crippen LogP contribution in [-0.4, -0.2) is 10.1 Å². The lowest BCUT2D eigenvalue weighted by Gasteiger charge is -2.19. The van der Waals surface area contributed by atoms with Gasteiger partial charge in [0.25, 0.3) is 0 Å². The van der Waals surface area contributed by atoms with E-state index in [1.165, 1.54) is 18.2 Å². The minimum atomic E-state index is -0.617. The van der Waals surface area contributed by atoms with Crippen molar-refractivity contribution >= 4 is 11.8 Å². The number of aromatic nitrogens is 1. The number of hydrogen-bond donors (Lipinski definition) is 1. The third-order valence-electron chi connectivity index (χ3n) is 5.60. The Hall–Kier alpha value is -3.58. The molecule has 4 aromatic rings. The van der Waals surface area contributed by atoms with Gasteiger partial charge in [-0.25, -0.2) is 9.18 Å². The summed E-state index contributed by atoms with van der Waals surface area (Å²) in [5.41, 5.74) is 1.91. The van der Waals surface area contributed by atoms with Gasteiger partial charge in [-0.2, -0.15) is 0 Å². The normalized spacial score (nSPS) is 12.0. The van der Waals surface area contributed by atoms with Crippen molar-refractivity contribution in [2.24, 2.45) is 5.92 Å². The summed E-state index contributed by atoms with van der Waals surface area (Å²) in [7, 11) is 0. The Morgan fingerprint density at radius 2 is 1.83 bits per heavy atom. The molecule has 2 aromatic heterocycles. The summed E-state index contributed by atoms with van der Waals surface area (Å²) in [6.45, 7) is 4.32. The van der Waals surface area contributed by atoms with Gasteiger partial charge < -0.3 is 14.3 Å². The van der Waals surface area contributed by atoms with Crippen LogP contribution in [-0.2, 0) is 12.4 Å². The highest BCUT2D eigenvalue weighted by molar-refractivity contribution is 7.98. The third kappa shape index (κ3) is 6.55. The molecule has 0 radical (unpaired) electrons. The van der Waals surface area contributed by atoms with E-state index in [0.717, 1.165) is 11.1 Å². The number of aromatic hydroxyl groups is 1. The molecule has 4 rings (SSSR count). The van der Waals surface area contributed by atoms with Crippen molar-refractivity contribution in [3.8, 4) is 22.8 Å². The summed E-state index contributed by atoms with van der Waals surface area (Å²) < 4.78 is 25.8. The van der Waals surface area contributed by atoms with Crippen LogP contribution in [0.5, 0.6) is 11.5 Å². The van der Waals surface area contributed by atoms with E-state index in [0.29, 0.717) is 23.7 Å². The van der Waals surface area contributed by atoms with Gasteiger partial charge in [0.2, 0.25) is 0 Å². The Labute approximate surface area is 214 Å². The van der Waals surface area contributed by atoms with Gasteiger partial charge in [0, 0.05) is 40.6 Å². The molecule has 0 fully saturated rings. The molecule has 0 saturated heterocycles. The predicted molar refractivity (Wildman–Crippen MR) is 141 cm³/mol. The molecule has 0 spiro atoms. The number of ether oxygens (including phenoxy) is 1. The number of hydrogen-bond acceptors (Lipinski definition) is 6. The fourth-order valence-electron chi connectivity index (χ4n) is 3.81. The molecule has 1 atom stereocenters. The molecular weight excluding hydrogens is 477 g/mol. The quantitative estimate of drug-likeness (QED) is 0.247. The lowest BCUT2D eigenvalue weighted by molar-refractivity contribution is 0.290. The molecule has 2 heterocycles. The molecule has 0 saturated carbocycles. The summed E-state index contributed by atoms with van der Waals surface area (Å²) in [4.78, 5) is 17.0. The van der Waals surface area contributed by atoms with Crippen molar-refractivity contribution in [3.63, 3.8) is 0 Å². The lowest BCUT2D eigenvalue weighted by Crippen LogP contribution is -2.13. The Bertz CT molecular complexity index is 1340. The Balaban J connectivity index is 1.54. The van der Waals surface area contributed by atoms with E-state index in [9.17, 15) is 14.3 Å². The first-order valence-corrected chi connectivity index (χ1v) is 12.8. The average Bonchev–Trinajstić information content (AvgIpc) is 2.87. The molecule has 36 heavy (non-hydrogen) atoms. The fraction of sp³-hybridized carbons (Fsp3) is 0.241. The van der Waals surface area contributed by atoms with E-state index in [1.807, 2.05) is 36.4 Å². The maximum atomic E-state index is 14.7. The predicted octanol–water partition coefficient (Wildman–Crippen LogP) is 7.15. The van der Waals surface area contributed by atoms with Gasteiger partial charge in [-0.3, -0.25) is 4.98 Å². The minimum absolute atomic E-state index is 0.0695. The average molecular weight is 506 g/mol. The second-order valence-electron chi connectivity index (χ2n) is 8.91. The zero-order valence-electron chi connectivity index (χ0n) is 20.2. The molecule has 7 heteroatoms. The zero-order valence-corrected chi connectivity index (χ0v) is 21.0. The van der Waals surface area contributed by atoms with Gasteiger partial charge in [-0.05, 0) is 42.2 Å². The van der Waals surface area contributed by atoms with E-state index in [2.05, 4.69) is 18.8 Å². The first-order valence-electron chi connectivity index (χ1n) is 11.7. The maximum absolute atomic E-state index is 14.7. The van der Waals surface area contributed by atoms with Crippen LogP contribution in [0.2, 0.25) is 0 Å². The van der Waals surface area contributed by atoms with Crippen LogP contribution in [0.15, 0.2) is 88.3 Å². The first kappa shape index (κ1) is 25.5. The van der Waals surface area contributed by atoms with Crippen LogP contribution in [0, 0.1) is 11.7 Å². The van der Waals surface area contributed by atoms with Crippen LogP contribution in [0.4, 0.5) is 4.39 Å². The van der Waals surface area contributed by atoms with Gasteiger partial charge >= 0.3 is 5.63 Å². The van der Waals surface area contributed by atoms with Gasteiger partial charge in [-0.15, -0.1) is 11.8 Å². The topological polar surface area (TPSA) is 72.6 Å². The summed E-state index contributed by atoms with van der Waals surface area (Å²) in [6, 6.07) is 19.3. The molecule has 1 N–H and O–H groups in total. The van der Waals surface area contributed by atoms with Crippen molar-refractivity contribution in [2.45, 2.75) is 37.9 Å². The van der Waals surface area contributed by atoms with E-state index in [1.54, 1.807) is 36.3 Å². The van der Waals surface area contributed by atoms with E-state index >= 15 is 0 Å². The van der Waals surface area contributed by atoms with Crippen LogP contribution in [0.3, 0.4) is 0 Å². The van der Waals surface area contributed by atoms with Crippen LogP contribution in [0.25, 0.3) is 11.3 Å². The molecule has 0 aliphatic carbocycles. The molecule has 186 valence electrons. The van der Waals surface area contributed by atoms with Crippen LogP contribution in [0.1, 0.15) is 42.2 Å². The van der Waals surface area contributed by atoms with Crippen molar-refractivity contribution in [1.82, 2.24) is 4.98 Å². The monoisotopic (exact) mass is 505 g/mol. The summed E-state index contributed by atoms with van der Waals surface area (Å²) in [6.07, 6.45) is 4.00. The fourth-order valence-corrected chi connectivity index (χ4v) is 5.30. The SMILES string of the molecule is CC(C)CC(SCc1ccccc1)c1c(O)cc(-c2ccc(OCc3cccnc3)c(F)c2)oc1=O. The maximum Gasteiger partial charge on any atom is 0.344 e. The second kappa shape index (κ2) is 11.9. The minimum Gasteiger partial charge on any atom is -0.507 e. The molecule has 0 bridgehead atoms. The van der Waals surface area contributed by atoms with Crippen molar-refractivity contribution in [1.29, 1.82) is 0 Å². The standard InChI is InChI=1S/C29H28FNO4S/c1-19(2)13-27(36-18-20-7-4-3-5-8-20)28-24(32)15-26(35-29(28)33)22-10-11-25(23(30)14-22)34-17-21-9-6-12-31-16-21/h3-12,14-16,19,27,32H,13,17-18H2,1-2H3. The molecule has 0 aliphatic rings. The van der Waals surface area contributed by atoms with Gasteiger partial charge in [-0.1, -0.05) is 50.2 Å². The summed E-state index contributed by atoms with van der Waals surface area (Å²) in [5.74, 6) is 0.425. The highest BCUT2D eigenvalue weighted by atomic mass is 32.2. The Morgan fingerprint density at radius 1 is 1.06 bits per heavy atom. The first-order chi connectivity index (χ1) is 17.4. The van der Waals surface area contributed by atoms with Crippen molar-refractivity contribution in [3.05, 3.63) is 112 Å². The summed E-state index contributed by atoms with van der Waals surface area (Å²) >= 11 is 1.59. The lowest BCUT2D eigenvalue weighted by atomic mass is 10.0. The highest BCUT2D eigenvalue weighted by Crippen LogP contribution is 2.40. The third-order valence-corrected chi connectivity index (χ3v) is 6.93. The molecule has 2 aromatic carbocycles. The van der Waals surface area contributed by atoms with Gasteiger partial charge in [0.05, 0.1) is 5.56 Å². The molecular formula is C29H28FNO4S. The number of nitrogens with zero attached hydrogens (tertiary/aromatic N) is 1. The Kier molecular flexibility index (Phi) is 8.44. The summed E-state index contributed by atoms with van der Waals surface area (Å²) in [5, 5.41) is 10.6. The van der Waals surface area contributed by atoms with Crippen molar-refractivity contribution in [2.75, 3.05) is 0 Å². The van der Waals surface area contributed by atoms with Crippen LogP contribution >= 0.6 is 11.8 Å². The zero-order chi connectivity index (χ0) is 25.5. The van der Waals surface area contributed by atoms with E-state index < -0.39 is 11.4 Å². The molecule has 1 unspecified atom stereocenters. The smallest absolute Gasteiger partial charge is 0.344 e. The van der Waals surface area contributed by atoms with Gasteiger partial charge in [0.1, 0.15) is 18.1 Å². The number of rotatable bonds is 10. The molecule has 0 aliphatic heterocycles. The highest BCUT2D eigenvalue weighted by Gasteiger charge is 2.24. The number of thioether (sulfide) groups is 1. The van der Waals surface area contributed by atoms with E-state index in [4.69, 9.17) is 9.15 Å². The largest absolute Gasteiger partial charge is 0.507 e. The molecule has 5 nitrogen and oxygen atoms in total.